The van der Waals surface area contributed by atoms with Crippen molar-refractivity contribution in [1.82, 2.24) is 15.0 Å². The summed E-state index contributed by atoms with van der Waals surface area (Å²) in [6, 6.07) is 43.6. The highest BCUT2D eigenvalue weighted by Crippen LogP contribution is 2.35. The molecule has 0 fully saturated rings. The topological polar surface area (TPSA) is 86.9 Å². The van der Waals surface area contributed by atoms with E-state index in [2.05, 4.69) is 95.3 Å². The maximum Gasteiger partial charge on any atom is 0.164 e. The van der Waals surface area contributed by atoms with Crippen molar-refractivity contribution in [3.05, 3.63) is 180 Å². The molecule has 2 aliphatic rings. The summed E-state index contributed by atoms with van der Waals surface area (Å²) in [6.07, 6.45) is 16.4. The molecule has 1 aliphatic heterocycles. The molecule has 1 aliphatic carbocycles. The zero-order chi connectivity index (χ0) is 35.1. The second-order valence-electron chi connectivity index (χ2n) is 12.7. The molecule has 0 spiro atoms. The number of rotatable bonds is 9. The molecule has 0 radical (unpaired) electrons. The van der Waals surface area contributed by atoms with Crippen LogP contribution in [-0.2, 0) is 0 Å². The highest BCUT2D eigenvalue weighted by molar-refractivity contribution is 5.91. The van der Waals surface area contributed by atoms with Crippen molar-refractivity contribution < 1.29 is 0 Å². The fraction of sp³-hybridized carbons (Fsp3) is 0.0652. The fourth-order valence-electron chi connectivity index (χ4n) is 6.52. The number of nitrogens with one attached hydrogen (secondary N) is 2. The summed E-state index contributed by atoms with van der Waals surface area (Å²) in [5.74, 6) is 1.94. The second-order valence-corrected chi connectivity index (χ2v) is 12.7. The van der Waals surface area contributed by atoms with Gasteiger partial charge < -0.3 is 10.7 Å². The molecular formula is C46H36N6. The summed E-state index contributed by atoms with van der Waals surface area (Å²) in [7, 11) is 0. The minimum absolute atomic E-state index is 0.643. The molecule has 0 saturated heterocycles. The molecule has 0 atom stereocenters. The number of aromatic nitrogens is 3. The van der Waals surface area contributed by atoms with Crippen LogP contribution in [-0.4, -0.2) is 27.4 Å². The Morgan fingerprint density at radius 2 is 1.19 bits per heavy atom. The number of hydrogen-bond acceptors (Lipinski definition) is 6. The molecule has 2 N–H and O–H groups in total. The Labute approximate surface area is 303 Å². The molecule has 250 valence electrons. The fourth-order valence-corrected chi connectivity index (χ4v) is 6.52. The van der Waals surface area contributed by atoms with E-state index in [0.29, 0.717) is 17.5 Å². The van der Waals surface area contributed by atoms with E-state index < -0.39 is 0 Å². The van der Waals surface area contributed by atoms with E-state index in [1.165, 1.54) is 22.9 Å². The van der Waals surface area contributed by atoms with Crippen LogP contribution in [0.1, 0.15) is 36.0 Å². The van der Waals surface area contributed by atoms with Crippen LogP contribution in [0.25, 0.3) is 56.4 Å². The van der Waals surface area contributed by atoms with Gasteiger partial charge in [0.2, 0.25) is 0 Å². The third-order valence-electron chi connectivity index (χ3n) is 9.20. The van der Waals surface area contributed by atoms with Crippen molar-refractivity contribution >= 4 is 29.3 Å². The zero-order valence-corrected chi connectivity index (χ0v) is 28.6. The van der Waals surface area contributed by atoms with Gasteiger partial charge in [0.15, 0.2) is 17.5 Å². The lowest BCUT2D eigenvalue weighted by atomic mass is 9.89. The van der Waals surface area contributed by atoms with Crippen LogP contribution in [0, 0.1) is 5.41 Å². The van der Waals surface area contributed by atoms with Gasteiger partial charge in [0, 0.05) is 58.7 Å². The van der Waals surface area contributed by atoms with Crippen molar-refractivity contribution in [3.63, 3.8) is 0 Å². The van der Waals surface area contributed by atoms with Gasteiger partial charge >= 0.3 is 0 Å². The predicted molar refractivity (Wildman–Crippen MR) is 215 cm³/mol. The zero-order valence-electron chi connectivity index (χ0n) is 28.6. The summed E-state index contributed by atoms with van der Waals surface area (Å²) < 4.78 is 0. The first-order valence-corrected chi connectivity index (χ1v) is 17.5. The maximum absolute atomic E-state index is 8.13. The minimum atomic E-state index is 0.643. The molecule has 5 aromatic carbocycles. The molecule has 0 unspecified atom stereocenters. The van der Waals surface area contributed by atoms with Gasteiger partial charge in [-0.1, -0.05) is 121 Å². The van der Waals surface area contributed by atoms with Crippen molar-refractivity contribution in [1.29, 1.82) is 5.41 Å². The van der Waals surface area contributed by atoms with E-state index in [9.17, 15) is 0 Å². The first kappa shape index (κ1) is 32.4. The average Bonchev–Trinajstić information content (AvgIpc) is 3.50. The van der Waals surface area contributed by atoms with Crippen molar-refractivity contribution in [3.8, 4) is 45.3 Å². The highest BCUT2D eigenvalue weighted by Gasteiger charge is 2.15. The van der Waals surface area contributed by atoms with Gasteiger partial charge in [-0.15, -0.1) is 0 Å². The van der Waals surface area contributed by atoms with Crippen LogP contribution in [0.2, 0.25) is 0 Å². The molecule has 6 nitrogen and oxygen atoms in total. The van der Waals surface area contributed by atoms with E-state index in [4.69, 9.17) is 20.4 Å². The molecule has 0 saturated carbocycles. The van der Waals surface area contributed by atoms with Crippen LogP contribution in [0.5, 0.6) is 0 Å². The third-order valence-corrected chi connectivity index (χ3v) is 9.20. The number of benzene rings is 5. The molecule has 6 aromatic rings. The summed E-state index contributed by atoms with van der Waals surface area (Å²) in [5, 5.41) is 11.6. The number of anilines is 1. The van der Waals surface area contributed by atoms with E-state index in [1.54, 1.807) is 6.20 Å². The Morgan fingerprint density at radius 3 is 1.92 bits per heavy atom. The molecule has 1 aromatic heterocycles. The lowest BCUT2D eigenvalue weighted by Crippen LogP contribution is -2.01. The molecule has 8 rings (SSSR count). The molecular weight excluding hydrogens is 637 g/mol. The van der Waals surface area contributed by atoms with Gasteiger partial charge in [0.05, 0.1) is 0 Å². The normalized spacial score (nSPS) is 13.8. The summed E-state index contributed by atoms with van der Waals surface area (Å²) in [5.41, 5.74) is 12.5. The largest absolute Gasteiger partial charge is 0.355 e. The molecule has 52 heavy (non-hydrogen) atoms. The molecule has 6 heteroatoms. The van der Waals surface area contributed by atoms with Gasteiger partial charge in [-0.25, -0.2) is 15.0 Å². The number of allylic oxidation sites excluding steroid dienone is 6. The lowest BCUT2D eigenvalue weighted by molar-refractivity contribution is 1.06. The highest BCUT2D eigenvalue weighted by atomic mass is 15.0. The quantitative estimate of drug-likeness (QED) is 0.150. The number of nitrogens with zero attached hydrogens (tertiary/aromatic N) is 4. The Hall–Kier alpha value is -6.79. The maximum atomic E-state index is 8.13. The lowest BCUT2D eigenvalue weighted by Gasteiger charge is -2.17. The van der Waals surface area contributed by atoms with Crippen LogP contribution in [0.3, 0.4) is 0 Å². The van der Waals surface area contributed by atoms with Crippen molar-refractivity contribution in [2.45, 2.75) is 19.3 Å². The van der Waals surface area contributed by atoms with Gasteiger partial charge in [-0.3, -0.25) is 4.99 Å². The van der Waals surface area contributed by atoms with Crippen LogP contribution >= 0.6 is 0 Å². The smallest absolute Gasteiger partial charge is 0.164 e. The standard InChI is InChI=1S/C46H36N6/c47-31-41-30-39(22-23-43(41)49-42-21-10-25-48-26-24-42)37-18-8-16-35(28-37)34-15-7-17-36(27-34)38-19-9-20-40(29-38)46-51-44(32-11-3-1-4-12-32)50-45(52-46)33-13-5-2-6-14-33/h1-6,8-9,11-14,16-31,47,49H,7,10,15H2. The van der Waals surface area contributed by atoms with Crippen molar-refractivity contribution in [2.75, 3.05) is 5.32 Å². The predicted octanol–water partition coefficient (Wildman–Crippen LogP) is 11.1. The SMILES string of the molecule is N=Cc1cc(-c2cccc(C3=CC(c4cccc(-c5nc(-c6ccccc6)nc(-c6ccccc6)n5)c4)=CCC3)c2)ccc1NC1=CCC=NC=C1. The average molecular weight is 673 g/mol. The van der Waals surface area contributed by atoms with E-state index in [1.807, 2.05) is 73.0 Å². The van der Waals surface area contributed by atoms with Crippen molar-refractivity contribution in [2.24, 2.45) is 4.99 Å². The first-order valence-electron chi connectivity index (χ1n) is 17.5. The summed E-state index contributed by atoms with van der Waals surface area (Å²) in [6.45, 7) is 0. The Morgan fingerprint density at radius 1 is 0.577 bits per heavy atom. The second kappa shape index (κ2) is 15.0. The third kappa shape index (κ3) is 7.23. The Kier molecular flexibility index (Phi) is 9.34. The van der Waals surface area contributed by atoms with Gasteiger partial charge in [0.25, 0.3) is 0 Å². The van der Waals surface area contributed by atoms with Crippen LogP contribution in [0.15, 0.2) is 169 Å². The van der Waals surface area contributed by atoms with E-state index in [-0.39, 0.29) is 0 Å². The van der Waals surface area contributed by atoms with Crippen LogP contribution < -0.4 is 5.32 Å². The molecule has 0 amide bonds. The molecule has 2 heterocycles. The monoisotopic (exact) mass is 672 g/mol. The Balaban J connectivity index is 1.08. The molecule has 0 bridgehead atoms. The van der Waals surface area contributed by atoms with Gasteiger partial charge in [-0.05, 0) is 76.6 Å². The van der Waals surface area contributed by atoms with E-state index in [0.717, 1.165) is 69.6 Å². The van der Waals surface area contributed by atoms with E-state index >= 15 is 0 Å². The van der Waals surface area contributed by atoms with Gasteiger partial charge in [-0.2, -0.15) is 0 Å². The number of aliphatic imine (C=N–C) groups is 1. The number of hydrogen-bond donors (Lipinski definition) is 2. The van der Waals surface area contributed by atoms with Crippen LogP contribution in [0.4, 0.5) is 5.69 Å². The summed E-state index contributed by atoms with van der Waals surface area (Å²) >= 11 is 0. The first-order chi connectivity index (χ1) is 25.7. The summed E-state index contributed by atoms with van der Waals surface area (Å²) in [4.78, 5) is 19.0. The minimum Gasteiger partial charge on any atom is -0.355 e. The van der Waals surface area contributed by atoms with Gasteiger partial charge in [0.1, 0.15) is 0 Å². The Bertz CT molecular complexity index is 2360.